The molecule has 14 heteroatoms. The Bertz CT molecular complexity index is 1350. The third-order valence-electron chi connectivity index (χ3n) is 6.15. The van der Waals surface area contributed by atoms with Gasteiger partial charge in [0.25, 0.3) is 5.91 Å². The molecular weight excluding hydrogens is 581 g/mol. The second-order valence-corrected chi connectivity index (χ2v) is 10.3. The maximum Gasteiger partial charge on any atom is 0.345 e. The lowest BCUT2D eigenvalue weighted by molar-refractivity contribution is -0.176. The van der Waals surface area contributed by atoms with Crippen molar-refractivity contribution in [2.45, 2.75) is 59.3 Å². The quantitative estimate of drug-likeness (QED) is 0.278. The van der Waals surface area contributed by atoms with Crippen LogP contribution in [0.15, 0.2) is 24.5 Å². The number of nitrogens with one attached hydrogen (secondary N) is 1. The monoisotopic (exact) mass is 609 g/mol. The number of carbonyl (C=O) groups excluding carboxylic acids is 5. The number of hydrogen-bond donors (Lipinski definition) is 1. The Hall–Kier alpha value is -3.77. The zero-order valence-corrected chi connectivity index (χ0v) is 24.4. The van der Waals surface area contributed by atoms with E-state index in [0.29, 0.717) is 5.56 Å². The van der Waals surface area contributed by atoms with E-state index in [1.807, 2.05) is 0 Å². The van der Waals surface area contributed by atoms with Crippen molar-refractivity contribution in [3.8, 4) is 5.75 Å². The highest BCUT2D eigenvalue weighted by Crippen LogP contribution is 2.26. The average molecular weight is 610 g/mol. The third-order valence-corrected chi connectivity index (χ3v) is 6.84. The Kier molecular flexibility index (Phi) is 10.6. The first-order valence-corrected chi connectivity index (χ1v) is 13.5. The van der Waals surface area contributed by atoms with E-state index >= 15 is 0 Å². The van der Waals surface area contributed by atoms with Crippen LogP contribution in [0.25, 0.3) is 0 Å². The van der Waals surface area contributed by atoms with Crippen molar-refractivity contribution in [2.75, 3.05) is 6.61 Å². The molecule has 2 aromatic rings. The summed E-state index contributed by atoms with van der Waals surface area (Å²) in [5, 5.41) is 2.44. The van der Waals surface area contributed by atoms with E-state index < -0.39 is 66.5 Å². The molecule has 12 nitrogen and oxygen atoms in total. The topological polar surface area (TPSA) is 160 Å². The summed E-state index contributed by atoms with van der Waals surface area (Å²) in [5.41, 5.74) is 0.0192. The van der Waals surface area contributed by atoms with Crippen molar-refractivity contribution >= 4 is 53.0 Å². The first-order valence-electron chi connectivity index (χ1n) is 12.7. The number of amides is 1. The molecule has 0 radical (unpaired) electrons. The molecule has 0 spiro atoms. The largest absolute Gasteiger partial charge is 0.463 e. The highest BCUT2D eigenvalue weighted by molar-refractivity contribution is 6.41. The van der Waals surface area contributed by atoms with Gasteiger partial charge in [-0.15, -0.1) is 0 Å². The molecule has 4 unspecified atom stereocenters. The van der Waals surface area contributed by atoms with E-state index in [0.717, 1.165) is 6.20 Å². The fraction of sp³-hybridized carbons (Fsp3) is 0.444. The molecule has 0 saturated carbocycles. The second-order valence-electron chi connectivity index (χ2n) is 9.56. The number of carbonyl (C=O) groups is 5. The number of hydrogen-bond acceptors (Lipinski definition) is 11. The zero-order valence-electron chi connectivity index (χ0n) is 22.9. The van der Waals surface area contributed by atoms with Crippen LogP contribution in [0.4, 0.5) is 0 Å². The summed E-state index contributed by atoms with van der Waals surface area (Å²) in [5.74, 6) is -5.61. The number of cyclic esters (lactones) is 2. The Balaban J connectivity index is 1.83. The minimum atomic E-state index is -1.45. The number of aromatic nitrogens is 2. The molecule has 0 aliphatic carbocycles. The third kappa shape index (κ3) is 7.70. The molecule has 0 aromatic carbocycles. The van der Waals surface area contributed by atoms with Crippen LogP contribution < -0.4 is 10.1 Å². The molecule has 1 saturated heterocycles. The zero-order chi connectivity index (χ0) is 30.4. The summed E-state index contributed by atoms with van der Waals surface area (Å²) in [4.78, 5) is 72.0. The summed E-state index contributed by atoms with van der Waals surface area (Å²) in [7, 11) is 0. The molecule has 2 aromatic heterocycles. The maximum atomic E-state index is 13.3. The molecule has 220 valence electrons. The van der Waals surface area contributed by atoms with Gasteiger partial charge in [0.2, 0.25) is 0 Å². The van der Waals surface area contributed by atoms with Crippen LogP contribution in [0.5, 0.6) is 5.75 Å². The van der Waals surface area contributed by atoms with Crippen molar-refractivity contribution in [2.24, 2.45) is 11.8 Å². The Morgan fingerprint density at radius 2 is 1.88 bits per heavy atom. The van der Waals surface area contributed by atoms with Gasteiger partial charge in [-0.25, -0.2) is 19.6 Å². The maximum absolute atomic E-state index is 13.3. The van der Waals surface area contributed by atoms with Crippen LogP contribution in [0, 0.1) is 18.8 Å². The van der Waals surface area contributed by atoms with Crippen LogP contribution in [0.2, 0.25) is 10.2 Å². The van der Waals surface area contributed by atoms with Crippen LogP contribution in [-0.2, 0) is 28.6 Å². The van der Waals surface area contributed by atoms with E-state index in [2.05, 4.69) is 15.3 Å². The van der Waals surface area contributed by atoms with Crippen LogP contribution in [-0.4, -0.2) is 64.6 Å². The normalized spacial score (nSPS) is 21.1. The number of esters is 4. The molecule has 1 aliphatic rings. The molecule has 1 N–H and O–H groups in total. The van der Waals surface area contributed by atoms with E-state index in [1.165, 1.54) is 25.3 Å². The average Bonchev–Trinajstić information content (AvgIpc) is 2.95. The van der Waals surface area contributed by atoms with Crippen LogP contribution in [0.1, 0.15) is 60.5 Å². The van der Waals surface area contributed by atoms with E-state index in [-0.39, 0.29) is 33.6 Å². The number of halogens is 2. The number of nitrogens with zero attached hydrogens (tertiary/aromatic N) is 2. The molecule has 1 amide bonds. The summed E-state index contributed by atoms with van der Waals surface area (Å²) in [6.45, 7) is 7.46. The minimum absolute atomic E-state index is 0.00703. The van der Waals surface area contributed by atoms with Gasteiger partial charge < -0.3 is 24.3 Å². The van der Waals surface area contributed by atoms with Gasteiger partial charge in [-0.1, -0.05) is 44.0 Å². The van der Waals surface area contributed by atoms with Crippen LogP contribution in [0.3, 0.4) is 0 Å². The van der Waals surface area contributed by atoms with Crippen molar-refractivity contribution in [3.05, 3.63) is 51.5 Å². The molecule has 0 bridgehead atoms. The lowest BCUT2D eigenvalue weighted by atomic mass is 9.95. The molecule has 1 fully saturated rings. The molecule has 3 rings (SSSR count). The van der Waals surface area contributed by atoms with E-state index in [1.54, 1.807) is 27.7 Å². The number of rotatable bonds is 7. The number of ether oxygens (including phenoxy) is 4. The van der Waals surface area contributed by atoms with Gasteiger partial charge in [0.15, 0.2) is 23.6 Å². The Labute approximate surface area is 246 Å². The van der Waals surface area contributed by atoms with Crippen LogP contribution >= 0.6 is 23.2 Å². The summed E-state index contributed by atoms with van der Waals surface area (Å²) in [6.07, 6.45) is 0.574. The lowest BCUT2D eigenvalue weighted by Crippen LogP contribution is -2.47. The van der Waals surface area contributed by atoms with Crippen molar-refractivity contribution in [3.63, 3.8) is 0 Å². The summed E-state index contributed by atoms with van der Waals surface area (Å²) in [6, 6.07) is 1.31. The number of aryl methyl sites for hydroxylation is 1. The van der Waals surface area contributed by atoms with Gasteiger partial charge in [-0.05, 0) is 38.0 Å². The molecule has 1 aliphatic heterocycles. The number of pyridine rings is 2. The molecule has 41 heavy (non-hydrogen) atoms. The van der Waals surface area contributed by atoms with Crippen molar-refractivity contribution < 1.29 is 42.9 Å². The van der Waals surface area contributed by atoms with Crippen molar-refractivity contribution in [1.82, 2.24) is 15.3 Å². The minimum Gasteiger partial charge on any atom is -0.463 e. The first-order chi connectivity index (χ1) is 19.3. The predicted octanol–water partition coefficient (Wildman–Crippen LogP) is 3.49. The molecule has 4 atom stereocenters. The van der Waals surface area contributed by atoms with E-state index in [9.17, 15) is 24.0 Å². The fourth-order valence-electron chi connectivity index (χ4n) is 3.83. The van der Waals surface area contributed by atoms with Crippen molar-refractivity contribution in [1.29, 1.82) is 0 Å². The van der Waals surface area contributed by atoms with Gasteiger partial charge in [-0.2, -0.15) is 0 Å². The Morgan fingerprint density at radius 3 is 2.51 bits per heavy atom. The predicted molar refractivity (Wildman–Crippen MR) is 144 cm³/mol. The van der Waals surface area contributed by atoms with Gasteiger partial charge in [-0.3, -0.25) is 14.4 Å². The second kappa shape index (κ2) is 13.7. The Morgan fingerprint density at radius 1 is 1.17 bits per heavy atom. The van der Waals surface area contributed by atoms with Gasteiger partial charge >= 0.3 is 23.9 Å². The highest BCUT2D eigenvalue weighted by Gasteiger charge is 2.41. The smallest absolute Gasteiger partial charge is 0.345 e. The standard InChI is InChI=1S/C27H29Cl2N3O9/c1-6-16-21(41-24(34)12(2)3)14(5)39-27(37)18(11-38-26(16)36)32-23(33)19-20(13(4)7-8-30-19)40-25(35)15-9-17(28)22(29)31-10-15/h7-10,12,14,16,18,21H,6,11H2,1-5H3,(H,32,33). The molecular formula is C27H29Cl2N3O9. The highest BCUT2D eigenvalue weighted by atomic mass is 35.5. The first kappa shape index (κ1) is 31.8. The molecule has 3 heterocycles. The lowest BCUT2D eigenvalue weighted by Gasteiger charge is -2.29. The fourth-order valence-corrected chi connectivity index (χ4v) is 4.10. The van der Waals surface area contributed by atoms with Gasteiger partial charge in [0.05, 0.1) is 22.4 Å². The van der Waals surface area contributed by atoms with Gasteiger partial charge in [0, 0.05) is 12.4 Å². The summed E-state index contributed by atoms with van der Waals surface area (Å²) < 4.78 is 21.8. The van der Waals surface area contributed by atoms with E-state index in [4.69, 9.17) is 42.1 Å². The summed E-state index contributed by atoms with van der Waals surface area (Å²) >= 11 is 11.7. The SMILES string of the molecule is CCC1C(=O)OCC(NC(=O)c2nccc(C)c2OC(=O)c2cnc(Cl)c(Cl)c2)C(=O)OC(C)C1OC(=O)C(C)C. The van der Waals surface area contributed by atoms with Gasteiger partial charge in [0.1, 0.15) is 17.9 Å².